The van der Waals surface area contributed by atoms with E-state index < -0.39 is 12.8 Å². The van der Waals surface area contributed by atoms with Crippen molar-refractivity contribution in [3.05, 3.63) is 18.2 Å². The fourth-order valence-electron chi connectivity index (χ4n) is 0.504. The molecule has 0 saturated carbocycles. The average molecular weight is 142 g/mol. The number of esters is 1. The Hall–Kier alpha value is -1.36. The third-order valence-electron chi connectivity index (χ3n) is 0.914. The number of aromatic amines is 1. The molecule has 0 aliphatic heterocycles. The second-order valence-electron chi connectivity index (χ2n) is 1.53. The van der Waals surface area contributed by atoms with E-state index in [0.29, 0.717) is 0 Å². The Balaban J connectivity index is 2.59. The number of hydrogen-bond donors (Lipinski definition) is 2. The van der Waals surface area contributed by atoms with E-state index in [4.69, 9.17) is 5.11 Å². The normalized spacial score (nSPS) is 9.30. The zero-order chi connectivity index (χ0) is 7.40. The maximum absolute atomic E-state index is 10.7. The molecule has 1 aromatic heterocycles. The van der Waals surface area contributed by atoms with E-state index in [1.54, 1.807) is 0 Å². The fraction of sp³-hybridized carbons (Fsp3) is 0.200. The average Bonchev–Trinajstić information content (AvgIpc) is 2.38. The van der Waals surface area contributed by atoms with Crippen LogP contribution in [-0.2, 0) is 4.74 Å². The van der Waals surface area contributed by atoms with Gasteiger partial charge >= 0.3 is 5.97 Å². The number of aliphatic hydroxyl groups is 1. The summed E-state index contributed by atoms with van der Waals surface area (Å²) >= 11 is 0. The van der Waals surface area contributed by atoms with Gasteiger partial charge in [0.15, 0.2) is 6.79 Å². The van der Waals surface area contributed by atoms with Crippen molar-refractivity contribution in [1.82, 2.24) is 9.97 Å². The van der Waals surface area contributed by atoms with Crippen LogP contribution in [0.3, 0.4) is 0 Å². The van der Waals surface area contributed by atoms with E-state index in [1.807, 2.05) is 0 Å². The summed E-state index contributed by atoms with van der Waals surface area (Å²) in [6.45, 7) is -0.613. The fourth-order valence-corrected chi connectivity index (χ4v) is 0.504. The maximum Gasteiger partial charge on any atom is 0.358 e. The zero-order valence-corrected chi connectivity index (χ0v) is 5.07. The monoisotopic (exact) mass is 142 g/mol. The number of ether oxygens (including phenoxy) is 1. The molecule has 5 nitrogen and oxygen atoms in total. The van der Waals surface area contributed by atoms with E-state index in [-0.39, 0.29) is 5.69 Å². The molecule has 54 valence electrons. The summed E-state index contributed by atoms with van der Waals surface area (Å²) in [6, 6.07) is 0. The van der Waals surface area contributed by atoms with Crippen LogP contribution in [0, 0.1) is 0 Å². The maximum atomic E-state index is 10.7. The highest BCUT2D eigenvalue weighted by atomic mass is 16.6. The lowest BCUT2D eigenvalue weighted by molar-refractivity contribution is 0.00630. The lowest BCUT2D eigenvalue weighted by atomic mass is 10.5. The number of H-pyrrole nitrogens is 1. The predicted molar refractivity (Wildman–Crippen MR) is 31.1 cm³/mol. The zero-order valence-electron chi connectivity index (χ0n) is 5.07. The predicted octanol–water partition coefficient (Wildman–Crippen LogP) is -0.484. The summed E-state index contributed by atoms with van der Waals surface area (Å²) in [4.78, 5) is 16.8. The van der Waals surface area contributed by atoms with Crippen molar-refractivity contribution in [1.29, 1.82) is 0 Å². The van der Waals surface area contributed by atoms with Gasteiger partial charge < -0.3 is 14.8 Å². The molecule has 0 bridgehead atoms. The van der Waals surface area contributed by atoms with Gasteiger partial charge in [0.2, 0.25) is 0 Å². The third kappa shape index (κ3) is 1.32. The Morgan fingerprint density at radius 3 is 3.20 bits per heavy atom. The summed E-state index contributed by atoms with van der Waals surface area (Å²) in [7, 11) is 0. The lowest BCUT2D eigenvalue weighted by Crippen LogP contribution is -2.05. The molecule has 0 aromatic carbocycles. The van der Waals surface area contributed by atoms with Crippen molar-refractivity contribution in [3.63, 3.8) is 0 Å². The Kier molecular flexibility index (Phi) is 2.01. The van der Waals surface area contributed by atoms with Gasteiger partial charge in [0.25, 0.3) is 0 Å². The van der Waals surface area contributed by atoms with Gasteiger partial charge in [0.05, 0.1) is 12.5 Å². The van der Waals surface area contributed by atoms with Crippen molar-refractivity contribution in [2.24, 2.45) is 0 Å². The molecule has 0 amide bonds. The molecule has 0 atom stereocenters. The number of carbonyl (C=O) groups excluding carboxylic acids is 1. The van der Waals surface area contributed by atoms with Crippen LogP contribution in [0.15, 0.2) is 12.5 Å². The molecule has 1 aromatic rings. The van der Waals surface area contributed by atoms with Crippen molar-refractivity contribution in [2.45, 2.75) is 0 Å². The summed E-state index contributed by atoms with van der Waals surface area (Å²) in [5.74, 6) is -0.611. The number of carbonyl (C=O) groups is 1. The Labute approximate surface area is 56.7 Å². The summed E-state index contributed by atoms with van der Waals surface area (Å²) in [6.07, 6.45) is 2.67. The molecular formula is C5H6N2O3. The van der Waals surface area contributed by atoms with E-state index in [1.165, 1.54) is 12.5 Å². The number of imidazole rings is 1. The van der Waals surface area contributed by atoms with Crippen LogP contribution < -0.4 is 0 Å². The van der Waals surface area contributed by atoms with Crippen molar-refractivity contribution in [3.8, 4) is 0 Å². The standard InChI is InChI=1S/C5H6N2O3/c8-3-10-5(9)4-1-6-2-7-4/h1-2,8H,3H2,(H,6,7). The van der Waals surface area contributed by atoms with Gasteiger partial charge in [0.1, 0.15) is 5.69 Å². The molecule has 1 heterocycles. The van der Waals surface area contributed by atoms with Gasteiger partial charge in [-0.15, -0.1) is 0 Å². The van der Waals surface area contributed by atoms with Gasteiger partial charge in [-0.1, -0.05) is 0 Å². The van der Waals surface area contributed by atoms with Crippen molar-refractivity contribution >= 4 is 5.97 Å². The van der Waals surface area contributed by atoms with Crippen LogP contribution in [0.2, 0.25) is 0 Å². The van der Waals surface area contributed by atoms with Crippen LogP contribution in [0.1, 0.15) is 10.5 Å². The van der Waals surface area contributed by atoms with E-state index in [0.717, 1.165) is 0 Å². The van der Waals surface area contributed by atoms with Crippen LogP contribution >= 0.6 is 0 Å². The Bertz CT molecular complexity index is 207. The first-order chi connectivity index (χ1) is 4.84. The molecule has 1 rings (SSSR count). The molecule has 0 radical (unpaired) electrons. The number of nitrogens with one attached hydrogen (secondary N) is 1. The number of aliphatic hydroxyl groups excluding tert-OH is 1. The second kappa shape index (κ2) is 2.98. The van der Waals surface area contributed by atoms with Gasteiger partial charge in [-0.3, -0.25) is 0 Å². The van der Waals surface area contributed by atoms with Crippen LogP contribution in [0.4, 0.5) is 0 Å². The highest BCUT2D eigenvalue weighted by Gasteiger charge is 2.05. The van der Waals surface area contributed by atoms with Gasteiger partial charge in [-0.25, -0.2) is 9.78 Å². The van der Waals surface area contributed by atoms with Gasteiger partial charge in [-0.05, 0) is 0 Å². The topological polar surface area (TPSA) is 75.2 Å². The lowest BCUT2D eigenvalue weighted by Gasteiger charge is -1.94. The Morgan fingerprint density at radius 2 is 2.70 bits per heavy atom. The van der Waals surface area contributed by atoms with E-state index in [9.17, 15) is 4.79 Å². The first-order valence-corrected chi connectivity index (χ1v) is 2.61. The van der Waals surface area contributed by atoms with Crippen LogP contribution in [0.25, 0.3) is 0 Å². The quantitative estimate of drug-likeness (QED) is 0.432. The van der Waals surface area contributed by atoms with Crippen molar-refractivity contribution in [2.75, 3.05) is 6.79 Å². The second-order valence-corrected chi connectivity index (χ2v) is 1.53. The molecule has 0 spiro atoms. The van der Waals surface area contributed by atoms with Crippen LogP contribution in [-0.4, -0.2) is 27.8 Å². The van der Waals surface area contributed by atoms with Gasteiger partial charge in [-0.2, -0.15) is 0 Å². The molecule has 0 unspecified atom stereocenters. The molecule has 2 N–H and O–H groups in total. The SMILES string of the molecule is O=C(OCO)c1cnc[nH]1. The minimum atomic E-state index is -0.613. The smallest absolute Gasteiger partial charge is 0.358 e. The number of aromatic nitrogens is 2. The first kappa shape index (κ1) is 6.76. The third-order valence-corrected chi connectivity index (χ3v) is 0.914. The molecule has 5 heteroatoms. The number of rotatable bonds is 2. The summed E-state index contributed by atoms with van der Waals surface area (Å²) in [5, 5.41) is 8.16. The molecule has 10 heavy (non-hydrogen) atoms. The molecule has 0 aliphatic carbocycles. The first-order valence-electron chi connectivity index (χ1n) is 2.61. The van der Waals surface area contributed by atoms with Crippen LogP contribution in [0.5, 0.6) is 0 Å². The van der Waals surface area contributed by atoms with E-state index >= 15 is 0 Å². The Morgan fingerprint density at radius 1 is 1.90 bits per heavy atom. The number of nitrogens with zero attached hydrogens (tertiary/aromatic N) is 1. The van der Waals surface area contributed by atoms with Crippen molar-refractivity contribution < 1.29 is 14.6 Å². The molecule has 0 aliphatic rings. The largest absolute Gasteiger partial charge is 0.434 e. The van der Waals surface area contributed by atoms with Gasteiger partial charge in [0, 0.05) is 0 Å². The minimum absolute atomic E-state index is 0.231. The minimum Gasteiger partial charge on any atom is -0.434 e. The highest BCUT2D eigenvalue weighted by Crippen LogP contribution is 1.92. The van der Waals surface area contributed by atoms with E-state index in [2.05, 4.69) is 14.7 Å². The molecule has 0 saturated heterocycles. The molecule has 0 fully saturated rings. The summed E-state index contributed by atoms with van der Waals surface area (Å²) < 4.78 is 4.23. The number of hydrogen-bond acceptors (Lipinski definition) is 4. The molecular weight excluding hydrogens is 136 g/mol. The highest BCUT2D eigenvalue weighted by molar-refractivity contribution is 5.86. The summed E-state index contributed by atoms with van der Waals surface area (Å²) in [5.41, 5.74) is 0.231.